The van der Waals surface area contributed by atoms with Crippen LogP contribution in [0.15, 0.2) is 34.9 Å². The van der Waals surface area contributed by atoms with Crippen LogP contribution >= 0.6 is 0 Å². The minimum absolute atomic E-state index is 0.156. The highest BCUT2D eigenvalue weighted by Gasteiger charge is 2.46. The topological polar surface area (TPSA) is 62.5 Å². The van der Waals surface area contributed by atoms with E-state index in [1.165, 1.54) is 18.4 Å². The van der Waals surface area contributed by atoms with Crippen LogP contribution in [0.1, 0.15) is 74.2 Å². The predicted molar refractivity (Wildman–Crippen MR) is 105 cm³/mol. The van der Waals surface area contributed by atoms with Gasteiger partial charge < -0.3 is 9.42 Å². The zero-order chi connectivity index (χ0) is 19.1. The summed E-state index contributed by atoms with van der Waals surface area (Å²) in [6.45, 7) is 4.37. The number of hydrogen-bond donors (Lipinski definition) is 0. The van der Waals surface area contributed by atoms with Crippen LogP contribution in [-0.4, -0.2) is 51.5 Å². The van der Waals surface area contributed by atoms with Crippen molar-refractivity contribution in [3.8, 4) is 0 Å². The second kappa shape index (κ2) is 7.32. The molecule has 148 valence electrons. The Morgan fingerprint density at radius 3 is 2.64 bits per heavy atom. The maximum atomic E-state index is 11.5. The van der Waals surface area contributed by atoms with Crippen molar-refractivity contribution >= 4 is 5.91 Å². The average molecular weight is 380 g/mol. The predicted octanol–water partition coefficient (Wildman–Crippen LogP) is 3.49. The lowest BCUT2D eigenvalue weighted by Crippen LogP contribution is -2.36. The molecule has 3 fully saturated rings. The van der Waals surface area contributed by atoms with Crippen LogP contribution in [0, 0.1) is 0 Å². The van der Waals surface area contributed by atoms with Crippen LogP contribution < -0.4 is 0 Å². The van der Waals surface area contributed by atoms with Gasteiger partial charge >= 0.3 is 0 Å². The Labute approximate surface area is 165 Å². The van der Waals surface area contributed by atoms with E-state index in [1.807, 2.05) is 4.90 Å². The smallest absolute Gasteiger partial charge is 0.229 e. The molecule has 0 saturated carbocycles. The van der Waals surface area contributed by atoms with Crippen molar-refractivity contribution in [1.29, 1.82) is 0 Å². The maximum Gasteiger partial charge on any atom is 0.229 e. The fraction of sp³-hybridized carbons (Fsp3) is 0.591. The SMILES string of the molecule is CC(=O)N1CCC(c2nc([C@H]3C[C@@H](c4ccccc4)N4CCC[C@H]34)no2)CC1. The molecule has 1 amide bonds. The van der Waals surface area contributed by atoms with E-state index in [2.05, 4.69) is 40.4 Å². The molecule has 0 unspecified atom stereocenters. The molecule has 5 rings (SSSR count). The third kappa shape index (κ3) is 3.13. The molecule has 0 aliphatic carbocycles. The molecule has 0 spiro atoms. The molecule has 3 saturated heterocycles. The van der Waals surface area contributed by atoms with Crippen LogP contribution in [0.4, 0.5) is 0 Å². The Hall–Kier alpha value is -2.21. The van der Waals surface area contributed by atoms with Gasteiger partial charge in [0.1, 0.15) is 0 Å². The summed E-state index contributed by atoms with van der Waals surface area (Å²) in [5.41, 5.74) is 1.40. The van der Waals surface area contributed by atoms with Gasteiger partial charge in [0, 0.05) is 43.9 Å². The van der Waals surface area contributed by atoms with Crippen molar-refractivity contribution in [2.24, 2.45) is 0 Å². The number of carbonyl (C=O) groups excluding carboxylic acids is 1. The normalized spacial score (nSPS) is 28.6. The zero-order valence-electron chi connectivity index (χ0n) is 16.5. The van der Waals surface area contributed by atoms with Gasteiger partial charge in [0.05, 0.1) is 0 Å². The molecule has 1 aromatic carbocycles. The van der Waals surface area contributed by atoms with Gasteiger partial charge in [-0.25, -0.2) is 0 Å². The largest absolute Gasteiger partial charge is 0.343 e. The molecule has 4 heterocycles. The number of amides is 1. The van der Waals surface area contributed by atoms with Crippen molar-refractivity contribution < 1.29 is 9.32 Å². The Bertz CT molecular complexity index is 828. The fourth-order valence-electron chi connectivity index (χ4n) is 5.45. The molecule has 28 heavy (non-hydrogen) atoms. The molecule has 0 bridgehead atoms. The molecule has 0 N–H and O–H groups in total. The van der Waals surface area contributed by atoms with E-state index in [9.17, 15) is 4.79 Å². The van der Waals surface area contributed by atoms with E-state index >= 15 is 0 Å². The van der Waals surface area contributed by atoms with Gasteiger partial charge in [-0.3, -0.25) is 9.69 Å². The number of carbonyl (C=O) groups is 1. The second-order valence-electron chi connectivity index (χ2n) is 8.49. The van der Waals surface area contributed by atoms with Crippen molar-refractivity contribution in [2.45, 2.75) is 62.9 Å². The Kier molecular flexibility index (Phi) is 4.67. The average Bonchev–Trinajstić information content (AvgIpc) is 3.45. The zero-order valence-corrected chi connectivity index (χ0v) is 16.5. The highest BCUT2D eigenvalue weighted by atomic mass is 16.5. The van der Waals surface area contributed by atoms with E-state index in [4.69, 9.17) is 9.51 Å². The summed E-state index contributed by atoms with van der Waals surface area (Å²) in [5, 5.41) is 4.42. The number of benzene rings is 1. The van der Waals surface area contributed by atoms with Gasteiger partial charge in [0.25, 0.3) is 0 Å². The van der Waals surface area contributed by atoms with E-state index < -0.39 is 0 Å². The van der Waals surface area contributed by atoms with Crippen molar-refractivity contribution in [3.05, 3.63) is 47.6 Å². The summed E-state index contributed by atoms with van der Waals surface area (Å²) < 4.78 is 5.72. The summed E-state index contributed by atoms with van der Waals surface area (Å²) >= 11 is 0. The minimum Gasteiger partial charge on any atom is -0.343 e. The van der Waals surface area contributed by atoms with E-state index in [1.54, 1.807) is 6.92 Å². The molecule has 2 aromatic rings. The monoisotopic (exact) mass is 380 g/mol. The number of hydrogen-bond acceptors (Lipinski definition) is 5. The van der Waals surface area contributed by atoms with Gasteiger partial charge in [-0.05, 0) is 44.2 Å². The number of likely N-dealkylation sites (tertiary alicyclic amines) is 1. The molecular weight excluding hydrogens is 352 g/mol. The Balaban J connectivity index is 1.32. The Morgan fingerprint density at radius 2 is 1.89 bits per heavy atom. The standard InChI is InChI=1S/C22H28N4O2/c1-15(27)25-12-9-17(10-13-25)22-23-21(24-28-22)18-14-20(16-6-3-2-4-7-16)26-11-5-8-19(18)26/h2-4,6-7,17-20H,5,8-14H2,1H3/t18-,19+,20-/m0/s1. The number of nitrogens with zero attached hydrogens (tertiary/aromatic N) is 4. The quantitative estimate of drug-likeness (QED) is 0.816. The molecule has 3 atom stereocenters. The fourth-order valence-corrected chi connectivity index (χ4v) is 5.45. The molecule has 0 radical (unpaired) electrons. The van der Waals surface area contributed by atoms with Crippen LogP contribution in [0.2, 0.25) is 0 Å². The first kappa shape index (κ1) is 17.9. The van der Waals surface area contributed by atoms with Crippen LogP contribution in [0.5, 0.6) is 0 Å². The van der Waals surface area contributed by atoms with Gasteiger partial charge in [0.2, 0.25) is 11.8 Å². The number of piperidine rings is 1. The summed E-state index contributed by atoms with van der Waals surface area (Å²) in [7, 11) is 0. The van der Waals surface area contributed by atoms with Crippen LogP contribution in [-0.2, 0) is 4.79 Å². The summed E-state index contributed by atoms with van der Waals surface area (Å²) in [6, 6.07) is 11.8. The van der Waals surface area contributed by atoms with Crippen molar-refractivity contribution in [3.63, 3.8) is 0 Å². The minimum atomic E-state index is 0.156. The lowest BCUT2D eigenvalue weighted by molar-refractivity contribution is -0.129. The third-order valence-electron chi connectivity index (χ3n) is 6.95. The van der Waals surface area contributed by atoms with Crippen LogP contribution in [0.25, 0.3) is 0 Å². The third-order valence-corrected chi connectivity index (χ3v) is 6.95. The van der Waals surface area contributed by atoms with Crippen molar-refractivity contribution in [1.82, 2.24) is 19.9 Å². The van der Waals surface area contributed by atoms with Gasteiger partial charge in [-0.15, -0.1) is 0 Å². The van der Waals surface area contributed by atoms with Gasteiger partial charge in [-0.1, -0.05) is 35.5 Å². The first-order valence-corrected chi connectivity index (χ1v) is 10.6. The first-order valence-electron chi connectivity index (χ1n) is 10.6. The van der Waals surface area contributed by atoms with E-state index in [-0.39, 0.29) is 11.8 Å². The highest BCUT2D eigenvalue weighted by Crippen LogP contribution is 2.48. The lowest BCUT2D eigenvalue weighted by atomic mass is 9.93. The number of aromatic nitrogens is 2. The van der Waals surface area contributed by atoms with Gasteiger partial charge in [0.15, 0.2) is 5.82 Å². The highest BCUT2D eigenvalue weighted by molar-refractivity contribution is 5.73. The molecule has 3 aliphatic heterocycles. The van der Waals surface area contributed by atoms with Crippen molar-refractivity contribution in [2.75, 3.05) is 19.6 Å². The lowest BCUT2D eigenvalue weighted by Gasteiger charge is -2.29. The molecule has 6 heteroatoms. The first-order chi connectivity index (χ1) is 13.7. The number of rotatable bonds is 3. The summed E-state index contributed by atoms with van der Waals surface area (Å²) in [4.78, 5) is 21.0. The van der Waals surface area contributed by atoms with Crippen LogP contribution in [0.3, 0.4) is 0 Å². The summed E-state index contributed by atoms with van der Waals surface area (Å²) in [6.07, 6.45) is 5.35. The molecular formula is C22H28N4O2. The maximum absolute atomic E-state index is 11.5. The van der Waals surface area contributed by atoms with Gasteiger partial charge in [-0.2, -0.15) is 4.98 Å². The summed E-state index contributed by atoms with van der Waals surface area (Å²) in [5.74, 6) is 2.44. The van der Waals surface area contributed by atoms with E-state index in [0.29, 0.717) is 18.0 Å². The Morgan fingerprint density at radius 1 is 1.11 bits per heavy atom. The molecule has 6 nitrogen and oxygen atoms in total. The second-order valence-corrected chi connectivity index (χ2v) is 8.49. The molecule has 1 aromatic heterocycles. The molecule has 3 aliphatic rings. The van der Waals surface area contributed by atoms with E-state index in [0.717, 1.165) is 50.6 Å². The number of fused-ring (bicyclic) bond motifs is 1.